The van der Waals surface area contributed by atoms with Gasteiger partial charge in [-0.05, 0) is 55.6 Å². The Morgan fingerprint density at radius 2 is 2.00 bits per heavy atom. The fourth-order valence-corrected chi connectivity index (χ4v) is 3.08. The zero-order valence-corrected chi connectivity index (χ0v) is 14.7. The average Bonchev–Trinajstić information content (AvgIpc) is 2.65. The van der Waals surface area contributed by atoms with Crippen LogP contribution in [0, 0.1) is 5.92 Å². The summed E-state index contributed by atoms with van der Waals surface area (Å²) in [6, 6.07) is 13.2. The van der Waals surface area contributed by atoms with Crippen LogP contribution >= 0.6 is 11.6 Å². The molecule has 5 nitrogen and oxygen atoms in total. The van der Waals surface area contributed by atoms with Crippen LogP contribution in [0.15, 0.2) is 53.8 Å². The van der Waals surface area contributed by atoms with E-state index in [4.69, 9.17) is 11.6 Å². The summed E-state index contributed by atoms with van der Waals surface area (Å²) in [6.07, 6.45) is 5.47. The number of carbonyl (C=O) groups is 1. The van der Waals surface area contributed by atoms with E-state index in [2.05, 4.69) is 26.5 Å². The minimum absolute atomic E-state index is 0.284. The summed E-state index contributed by atoms with van der Waals surface area (Å²) in [6.45, 7) is 2.87. The Balaban J connectivity index is 1.43. The summed E-state index contributed by atoms with van der Waals surface area (Å²) in [4.78, 5) is 18.3. The van der Waals surface area contributed by atoms with Gasteiger partial charge in [-0.3, -0.25) is 14.7 Å². The molecule has 1 aliphatic heterocycles. The molecular formula is C19H21ClN4O. The molecule has 1 amide bonds. The van der Waals surface area contributed by atoms with E-state index in [1.54, 1.807) is 24.4 Å². The van der Waals surface area contributed by atoms with Crippen molar-refractivity contribution in [2.24, 2.45) is 11.0 Å². The number of likely N-dealkylation sites (tertiary alicyclic amines) is 1. The average molecular weight is 357 g/mol. The van der Waals surface area contributed by atoms with Crippen LogP contribution < -0.4 is 5.43 Å². The summed E-state index contributed by atoms with van der Waals surface area (Å²) in [5.41, 5.74) is 4.08. The number of benzene rings is 1. The molecule has 2 aromatic rings. The van der Waals surface area contributed by atoms with E-state index < -0.39 is 0 Å². The molecule has 25 heavy (non-hydrogen) atoms. The molecule has 0 radical (unpaired) electrons. The molecule has 0 aliphatic carbocycles. The number of nitrogens with one attached hydrogen (secondary N) is 1. The number of pyridine rings is 1. The van der Waals surface area contributed by atoms with Crippen molar-refractivity contribution < 1.29 is 4.79 Å². The van der Waals surface area contributed by atoms with E-state index in [1.807, 2.05) is 24.4 Å². The van der Waals surface area contributed by atoms with Gasteiger partial charge in [0.15, 0.2) is 0 Å². The van der Waals surface area contributed by atoms with Gasteiger partial charge in [0.2, 0.25) is 0 Å². The van der Waals surface area contributed by atoms with Crippen molar-refractivity contribution >= 4 is 23.7 Å². The largest absolute Gasteiger partial charge is 0.299 e. The molecule has 1 aliphatic rings. The Morgan fingerprint density at radius 3 is 2.72 bits per heavy atom. The number of amides is 1. The Hall–Kier alpha value is -2.24. The van der Waals surface area contributed by atoms with Gasteiger partial charge in [0, 0.05) is 24.0 Å². The normalized spacial score (nSPS) is 16.2. The molecule has 1 aromatic heterocycles. The summed E-state index contributed by atoms with van der Waals surface area (Å²) in [7, 11) is 0. The van der Waals surface area contributed by atoms with E-state index in [9.17, 15) is 4.79 Å². The van der Waals surface area contributed by atoms with Gasteiger partial charge in [0.05, 0.1) is 0 Å². The number of rotatable bonds is 5. The van der Waals surface area contributed by atoms with Gasteiger partial charge in [0.25, 0.3) is 5.91 Å². The second-order valence-corrected chi connectivity index (χ2v) is 6.55. The second kappa shape index (κ2) is 8.74. The van der Waals surface area contributed by atoms with E-state index >= 15 is 0 Å². The number of hydrazone groups is 1. The number of piperidine rings is 1. The van der Waals surface area contributed by atoms with Gasteiger partial charge in [-0.15, -0.1) is 0 Å². The van der Waals surface area contributed by atoms with Crippen molar-refractivity contribution in [3.63, 3.8) is 0 Å². The van der Waals surface area contributed by atoms with Crippen LogP contribution in [-0.2, 0) is 6.54 Å². The Bertz CT molecular complexity index is 727. The van der Waals surface area contributed by atoms with Crippen molar-refractivity contribution in [1.29, 1.82) is 0 Å². The van der Waals surface area contributed by atoms with Gasteiger partial charge < -0.3 is 0 Å². The van der Waals surface area contributed by atoms with Crippen LogP contribution in [0.25, 0.3) is 0 Å². The third-order valence-corrected chi connectivity index (χ3v) is 4.70. The summed E-state index contributed by atoms with van der Waals surface area (Å²) >= 11 is 6.23. The standard InChI is InChI=1S/C19H21ClN4O/c20-17-6-2-1-5-16(17)14-24-11-8-15(9-12-24)13-22-23-19(25)18-7-3-4-10-21-18/h1-7,10,13,15H,8-9,11-12,14H2,(H,23,25). The lowest BCUT2D eigenvalue weighted by Crippen LogP contribution is -2.34. The first-order valence-corrected chi connectivity index (χ1v) is 8.80. The first-order valence-electron chi connectivity index (χ1n) is 8.42. The van der Waals surface area contributed by atoms with Crippen molar-refractivity contribution in [2.45, 2.75) is 19.4 Å². The van der Waals surface area contributed by atoms with Crippen molar-refractivity contribution in [3.8, 4) is 0 Å². The molecule has 130 valence electrons. The number of halogens is 1. The van der Waals surface area contributed by atoms with E-state index in [1.165, 1.54) is 5.56 Å². The molecule has 6 heteroatoms. The quantitative estimate of drug-likeness (QED) is 0.660. The fraction of sp³-hybridized carbons (Fsp3) is 0.316. The highest BCUT2D eigenvalue weighted by Crippen LogP contribution is 2.21. The number of carbonyl (C=O) groups excluding carboxylic acids is 1. The predicted molar refractivity (Wildman–Crippen MR) is 99.6 cm³/mol. The molecule has 2 heterocycles. The van der Waals surface area contributed by atoms with Gasteiger partial charge in [-0.25, -0.2) is 5.43 Å². The third kappa shape index (κ3) is 5.11. The number of hydrogen-bond acceptors (Lipinski definition) is 4. The summed E-state index contributed by atoms with van der Waals surface area (Å²) in [5, 5.41) is 4.91. The lowest BCUT2D eigenvalue weighted by molar-refractivity contribution is 0.0949. The number of hydrogen-bond donors (Lipinski definition) is 1. The van der Waals surface area contributed by atoms with E-state index in [0.29, 0.717) is 11.6 Å². The van der Waals surface area contributed by atoms with Gasteiger partial charge in [-0.1, -0.05) is 35.9 Å². The molecule has 0 atom stereocenters. The third-order valence-electron chi connectivity index (χ3n) is 4.33. The highest BCUT2D eigenvalue weighted by Gasteiger charge is 2.18. The van der Waals surface area contributed by atoms with Gasteiger partial charge in [0.1, 0.15) is 5.69 Å². The molecule has 0 unspecified atom stereocenters. The van der Waals surface area contributed by atoms with Gasteiger partial charge >= 0.3 is 0 Å². The molecule has 0 saturated carbocycles. The Morgan fingerprint density at radius 1 is 1.24 bits per heavy atom. The molecule has 1 aromatic carbocycles. The van der Waals surface area contributed by atoms with Gasteiger partial charge in [-0.2, -0.15) is 5.10 Å². The first-order chi connectivity index (χ1) is 12.2. The topological polar surface area (TPSA) is 57.6 Å². The van der Waals surface area contributed by atoms with E-state index in [-0.39, 0.29) is 5.91 Å². The van der Waals surface area contributed by atoms with Crippen LogP contribution in [0.1, 0.15) is 28.9 Å². The van der Waals surface area contributed by atoms with Crippen LogP contribution in [0.4, 0.5) is 0 Å². The zero-order valence-electron chi connectivity index (χ0n) is 13.9. The van der Waals surface area contributed by atoms with Crippen LogP contribution in [0.2, 0.25) is 5.02 Å². The lowest BCUT2D eigenvalue weighted by atomic mass is 9.98. The highest BCUT2D eigenvalue weighted by molar-refractivity contribution is 6.31. The lowest BCUT2D eigenvalue weighted by Gasteiger charge is -2.30. The first kappa shape index (κ1) is 17.6. The number of nitrogens with zero attached hydrogens (tertiary/aromatic N) is 3. The maximum absolute atomic E-state index is 11.9. The molecule has 0 bridgehead atoms. The van der Waals surface area contributed by atoms with Crippen molar-refractivity contribution in [3.05, 3.63) is 64.9 Å². The monoisotopic (exact) mass is 356 g/mol. The maximum atomic E-state index is 11.9. The zero-order chi connectivity index (χ0) is 17.5. The van der Waals surface area contributed by atoms with E-state index in [0.717, 1.165) is 37.5 Å². The molecule has 1 N–H and O–H groups in total. The molecular weight excluding hydrogens is 336 g/mol. The fourth-order valence-electron chi connectivity index (χ4n) is 2.88. The maximum Gasteiger partial charge on any atom is 0.289 e. The molecule has 0 spiro atoms. The Kier molecular flexibility index (Phi) is 6.14. The van der Waals surface area contributed by atoms with Crippen LogP contribution in [0.3, 0.4) is 0 Å². The summed E-state index contributed by atoms with van der Waals surface area (Å²) in [5.74, 6) is 0.0968. The minimum Gasteiger partial charge on any atom is -0.299 e. The van der Waals surface area contributed by atoms with Crippen molar-refractivity contribution in [1.82, 2.24) is 15.3 Å². The molecule has 1 fully saturated rings. The Labute approximate surface area is 152 Å². The van der Waals surface area contributed by atoms with Crippen molar-refractivity contribution in [2.75, 3.05) is 13.1 Å². The SMILES string of the molecule is O=C(NN=CC1CCN(Cc2ccccc2Cl)CC1)c1ccccn1. The molecule has 1 saturated heterocycles. The molecule has 3 rings (SSSR count). The summed E-state index contributed by atoms with van der Waals surface area (Å²) < 4.78 is 0. The smallest absolute Gasteiger partial charge is 0.289 e. The van der Waals surface area contributed by atoms with Crippen LogP contribution in [-0.4, -0.2) is 35.1 Å². The van der Waals surface area contributed by atoms with Crippen LogP contribution in [0.5, 0.6) is 0 Å². The highest BCUT2D eigenvalue weighted by atomic mass is 35.5. The minimum atomic E-state index is -0.284. The number of aromatic nitrogens is 1. The predicted octanol–water partition coefficient (Wildman–Crippen LogP) is 3.36. The second-order valence-electron chi connectivity index (χ2n) is 6.14.